The van der Waals surface area contributed by atoms with Crippen LogP contribution in [0.1, 0.15) is 70.8 Å². The molecule has 1 saturated carbocycles. The number of hydrogen-bond acceptors (Lipinski definition) is 6. The number of nitrogens with one attached hydrogen (secondary N) is 3. The molecule has 3 aliphatic rings. The van der Waals surface area contributed by atoms with Gasteiger partial charge >= 0.3 is 0 Å². The first kappa shape index (κ1) is 33.0. The van der Waals surface area contributed by atoms with E-state index in [4.69, 9.17) is 9.47 Å². The number of methoxy groups -OCH3 is 1. The molecule has 1 aliphatic heterocycles. The molecule has 3 amide bonds. The number of epoxide rings is 1. The average Bonchev–Trinajstić information content (AvgIpc) is 3.51. The summed E-state index contributed by atoms with van der Waals surface area (Å²) in [6.45, 7) is 6.84. The van der Waals surface area contributed by atoms with E-state index in [1.54, 1.807) is 14.0 Å². The van der Waals surface area contributed by atoms with Crippen molar-refractivity contribution in [3.8, 4) is 5.75 Å². The van der Waals surface area contributed by atoms with E-state index >= 15 is 0 Å². The van der Waals surface area contributed by atoms with Crippen molar-refractivity contribution >= 4 is 24.0 Å². The van der Waals surface area contributed by atoms with Crippen LogP contribution in [-0.2, 0) is 23.9 Å². The monoisotopic (exact) mass is 557 g/mol. The molecule has 0 aromatic heterocycles. The van der Waals surface area contributed by atoms with Crippen LogP contribution in [-0.4, -0.2) is 62.5 Å². The Morgan fingerprint density at radius 3 is 2.25 bits per heavy atom. The number of carbonyl (C=O) groups excluding carboxylic acids is 4. The molecule has 9 nitrogen and oxygen atoms in total. The van der Waals surface area contributed by atoms with Gasteiger partial charge < -0.3 is 25.4 Å². The summed E-state index contributed by atoms with van der Waals surface area (Å²) < 4.78 is 10.1. The standard InChI is InChI=1S/C14H20N2O4.C9H17NO.C8H10O/c1-14(8-20-14)13(19)11(6-10-4-2-3-5-10)16-12(18)7-15-9-17;1-2-10-9(11)8-6-4-3-5-7-8;1-7-3-5-8(9-2)6-4-7/h2-3,9-11H,4-8H2,1H3,(H,15,17)(H,16,18);8H,2-7H2,1H3,(H,10,11);3-6H,1-2H3/t11?,14-;;/m1../s1. The van der Waals surface area contributed by atoms with Gasteiger partial charge in [0.1, 0.15) is 11.4 Å². The molecule has 3 N–H and O–H groups in total. The number of rotatable bonds is 11. The summed E-state index contributed by atoms with van der Waals surface area (Å²) in [7, 11) is 1.67. The number of hydrogen-bond donors (Lipinski definition) is 3. The van der Waals surface area contributed by atoms with Gasteiger partial charge in [0, 0.05) is 12.5 Å². The van der Waals surface area contributed by atoms with Crippen LogP contribution >= 0.6 is 0 Å². The van der Waals surface area contributed by atoms with E-state index in [2.05, 4.69) is 35.0 Å². The van der Waals surface area contributed by atoms with Gasteiger partial charge in [-0.25, -0.2) is 0 Å². The van der Waals surface area contributed by atoms with E-state index in [0.29, 0.717) is 31.3 Å². The highest BCUT2D eigenvalue weighted by molar-refractivity contribution is 5.96. The van der Waals surface area contributed by atoms with Crippen molar-refractivity contribution in [1.29, 1.82) is 0 Å². The van der Waals surface area contributed by atoms with Crippen LogP contribution in [0.25, 0.3) is 0 Å². The van der Waals surface area contributed by atoms with Crippen LogP contribution in [0, 0.1) is 18.8 Å². The van der Waals surface area contributed by atoms with E-state index in [9.17, 15) is 19.2 Å². The first-order valence-electron chi connectivity index (χ1n) is 14.4. The average molecular weight is 558 g/mol. The van der Waals surface area contributed by atoms with E-state index in [1.807, 2.05) is 31.2 Å². The molecule has 2 aliphatic carbocycles. The predicted molar refractivity (Wildman–Crippen MR) is 155 cm³/mol. The smallest absolute Gasteiger partial charge is 0.239 e. The Kier molecular flexibility index (Phi) is 14.4. The van der Waals surface area contributed by atoms with E-state index in [-0.39, 0.29) is 24.1 Å². The second kappa shape index (κ2) is 17.5. The molecule has 40 heavy (non-hydrogen) atoms. The number of Topliss-reactive ketones (excluding diaryl/α,β-unsaturated/α-hetero) is 1. The minimum atomic E-state index is -0.748. The van der Waals surface area contributed by atoms with Crippen LogP contribution in [0.4, 0.5) is 0 Å². The molecule has 1 unspecified atom stereocenters. The van der Waals surface area contributed by atoms with E-state index in [0.717, 1.165) is 38.0 Å². The molecule has 2 atom stereocenters. The Bertz CT molecular complexity index is 960. The van der Waals surface area contributed by atoms with Gasteiger partial charge in [-0.05, 0) is 70.9 Å². The number of allylic oxidation sites excluding steroid dienone is 2. The summed E-state index contributed by atoms with van der Waals surface area (Å²) >= 11 is 0. The van der Waals surface area contributed by atoms with Gasteiger partial charge in [0.15, 0.2) is 5.78 Å². The molecule has 1 aromatic rings. The molecule has 0 radical (unpaired) electrons. The van der Waals surface area contributed by atoms with E-state index < -0.39 is 11.6 Å². The fraction of sp³-hybridized carbons (Fsp3) is 0.613. The lowest BCUT2D eigenvalue weighted by atomic mass is 9.89. The molecule has 4 rings (SSSR count). The summed E-state index contributed by atoms with van der Waals surface area (Å²) in [6.07, 6.45) is 13.1. The molecule has 1 saturated heterocycles. The maximum Gasteiger partial charge on any atom is 0.239 e. The summed E-state index contributed by atoms with van der Waals surface area (Å²) in [6, 6.07) is 7.41. The molecular weight excluding hydrogens is 510 g/mol. The van der Waals surface area contributed by atoms with Crippen LogP contribution < -0.4 is 20.7 Å². The van der Waals surface area contributed by atoms with Gasteiger partial charge in [-0.1, -0.05) is 49.1 Å². The second-order valence-corrected chi connectivity index (χ2v) is 10.8. The normalized spacial score (nSPS) is 20.5. The van der Waals surface area contributed by atoms with Gasteiger partial charge in [-0.2, -0.15) is 0 Å². The van der Waals surface area contributed by atoms with E-state index in [1.165, 1.54) is 24.8 Å². The van der Waals surface area contributed by atoms with Crippen LogP contribution in [0.2, 0.25) is 0 Å². The van der Waals surface area contributed by atoms with Crippen LogP contribution in [0.15, 0.2) is 36.4 Å². The Balaban J connectivity index is 0.000000235. The van der Waals surface area contributed by atoms with Crippen molar-refractivity contribution in [1.82, 2.24) is 16.0 Å². The van der Waals surface area contributed by atoms with Gasteiger partial charge in [0.05, 0.1) is 26.3 Å². The highest BCUT2D eigenvalue weighted by atomic mass is 16.6. The number of aryl methyl sites for hydroxylation is 1. The highest BCUT2D eigenvalue weighted by Gasteiger charge is 2.50. The highest BCUT2D eigenvalue weighted by Crippen LogP contribution is 2.31. The third-order valence-corrected chi connectivity index (χ3v) is 7.35. The molecule has 1 heterocycles. The first-order valence-corrected chi connectivity index (χ1v) is 14.4. The summed E-state index contributed by atoms with van der Waals surface area (Å²) in [4.78, 5) is 45.5. The van der Waals surface area contributed by atoms with Crippen molar-refractivity contribution in [2.24, 2.45) is 11.8 Å². The largest absolute Gasteiger partial charge is 0.497 e. The van der Waals surface area contributed by atoms with Gasteiger partial charge in [0.2, 0.25) is 18.2 Å². The topological polar surface area (TPSA) is 126 Å². The maximum atomic E-state index is 12.4. The fourth-order valence-electron chi connectivity index (χ4n) is 4.79. The molecule has 0 bridgehead atoms. The van der Waals surface area contributed by atoms with Gasteiger partial charge in [-0.3, -0.25) is 19.2 Å². The molecule has 2 fully saturated rings. The zero-order chi connectivity index (χ0) is 29.4. The predicted octanol–water partition coefficient (Wildman–Crippen LogP) is 3.64. The number of carbonyl (C=O) groups is 4. The Hall–Kier alpha value is -3.20. The molecular formula is C31H47N3O6. The number of benzene rings is 1. The number of ketones is 1. The van der Waals surface area contributed by atoms with Crippen molar-refractivity contribution in [2.45, 2.75) is 83.8 Å². The molecule has 9 heteroatoms. The Morgan fingerprint density at radius 2 is 1.73 bits per heavy atom. The molecule has 1 aromatic carbocycles. The SMILES string of the molecule is CCNC(=O)C1CCCCC1.COc1ccc(C)cc1.C[C@]1(C(=O)C(CC2CC=CC2)NC(=O)CNC=O)CO1. The zero-order valence-electron chi connectivity index (χ0n) is 24.5. The summed E-state index contributed by atoms with van der Waals surface area (Å²) in [5.41, 5.74) is 0.512. The second-order valence-electron chi connectivity index (χ2n) is 10.8. The minimum absolute atomic E-state index is 0.0798. The lowest BCUT2D eigenvalue weighted by Gasteiger charge is -2.22. The fourth-order valence-corrected chi connectivity index (χ4v) is 4.79. The molecule has 222 valence electrons. The molecule has 0 spiro atoms. The Labute approximate surface area is 238 Å². The van der Waals surface area contributed by atoms with Crippen molar-refractivity contribution in [2.75, 3.05) is 26.8 Å². The number of amides is 3. The summed E-state index contributed by atoms with van der Waals surface area (Å²) in [5, 5.41) is 7.88. The van der Waals surface area contributed by atoms with Crippen molar-refractivity contribution in [3.63, 3.8) is 0 Å². The maximum absolute atomic E-state index is 12.4. The van der Waals surface area contributed by atoms with Crippen LogP contribution in [0.3, 0.4) is 0 Å². The quantitative estimate of drug-likeness (QED) is 0.217. The van der Waals surface area contributed by atoms with Crippen molar-refractivity contribution in [3.05, 3.63) is 42.0 Å². The van der Waals surface area contributed by atoms with Gasteiger partial charge in [0.25, 0.3) is 0 Å². The summed E-state index contributed by atoms with van der Waals surface area (Å²) in [5.74, 6) is 1.46. The van der Waals surface area contributed by atoms with Crippen LogP contribution in [0.5, 0.6) is 5.75 Å². The number of ether oxygens (including phenoxy) is 2. The third kappa shape index (κ3) is 11.9. The lowest BCUT2D eigenvalue weighted by Crippen LogP contribution is -2.49. The lowest BCUT2D eigenvalue weighted by molar-refractivity contribution is -0.130. The van der Waals surface area contributed by atoms with Crippen molar-refractivity contribution < 1.29 is 28.7 Å². The minimum Gasteiger partial charge on any atom is -0.497 e. The first-order chi connectivity index (χ1) is 19.2. The van der Waals surface area contributed by atoms with Gasteiger partial charge in [-0.15, -0.1) is 0 Å². The Morgan fingerprint density at radius 1 is 1.10 bits per heavy atom. The third-order valence-electron chi connectivity index (χ3n) is 7.35. The zero-order valence-corrected chi connectivity index (χ0v) is 24.5.